The van der Waals surface area contributed by atoms with Gasteiger partial charge in [0.15, 0.2) is 0 Å². The molecule has 3 rings (SSSR count). The molecule has 0 N–H and O–H groups in total. The van der Waals surface area contributed by atoms with Gasteiger partial charge in [0.1, 0.15) is 23.1 Å². The lowest BCUT2D eigenvalue weighted by Crippen LogP contribution is -2.09. The second-order valence-corrected chi connectivity index (χ2v) is 9.06. The molecule has 0 spiro atoms. The van der Waals surface area contributed by atoms with Crippen LogP contribution in [-0.2, 0) is 14.4 Å². The highest BCUT2D eigenvalue weighted by atomic mass is 19.1. The number of ether oxygens (including phenoxy) is 3. The van der Waals surface area contributed by atoms with E-state index in [0.717, 1.165) is 5.56 Å². The second-order valence-electron chi connectivity index (χ2n) is 9.06. The molecule has 0 fully saturated rings. The normalized spacial score (nSPS) is 10.2. The van der Waals surface area contributed by atoms with E-state index in [0.29, 0.717) is 22.6 Å². The Morgan fingerprint density at radius 2 is 1.17 bits per heavy atom. The Hall–Kier alpha value is -5.48. The summed E-state index contributed by atoms with van der Waals surface area (Å²) >= 11 is 0. The Morgan fingerprint density at radius 1 is 0.683 bits per heavy atom. The Labute approximate surface area is 238 Å². The summed E-state index contributed by atoms with van der Waals surface area (Å²) in [5.41, 5.74) is 2.28. The maximum Gasteiger partial charge on any atom is 0.338 e. The van der Waals surface area contributed by atoms with Crippen LogP contribution in [0.4, 0.5) is 4.39 Å². The zero-order valence-corrected chi connectivity index (χ0v) is 22.9. The first-order chi connectivity index (χ1) is 19.4. The fourth-order valence-electron chi connectivity index (χ4n) is 3.04. The smallest absolute Gasteiger partial charge is 0.338 e. The molecule has 0 saturated heterocycles. The first-order valence-electron chi connectivity index (χ1n) is 12.3. The van der Waals surface area contributed by atoms with E-state index in [4.69, 9.17) is 14.2 Å². The first-order valence-corrected chi connectivity index (χ1v) is 12.3. The zero-order valence-electron chi connectivity index (χ0n) is 22.9. The van der Waals surface area contributed by atoms with Gasteiger partial charge in [0.05, 0.1) is 5.56 Å². The molecule has 0 saturated carbocycles. The van der Waals surface area contributed by atoms with Crippen molar-refractivity contribution in [2.75, 3.05) is 0 Å². The number of benzene rings is 3. The summed E-state index contributed by atoms with van der Waals surface area (Å²) in [7, 11) is 0. The SMILES string of the molecule is C=C(C)C(=O)Oc1ccc(C#Cc2cc(OC(=O)C(=C)C)c(/C=C/c3ccc(OC(=O)C(=C)C)cc3)cc2F)cc1. The Balaban J connectivity index is 1.87. The molecule has 0 unspecified atom stereocenters. The predicted molar refractivity (Wildman–Crippen MR) is 156 cm³/mol. The monoisotopic (exact) mass is 550 g/mol. The molecule has 0 atom stereocenters. The first kappa shape index (κ1) is 30.1. The maximum absolute atomic E-state index is 15.1. The number of carbonyl (C=O) groups excluding carboxylic acids is 3. The summed E-state index contributed by atoms with van der Waals surface area (Å²) in [4.78, 5) is 35.6. The van der Waals surface area contributed by atoms with Gasteiger partial charge in [-0.05, 0) is 68.8 Å². The highest BCUT2D eigenvalue weighted by Crippen LogP contribution is 2.27. The summed E-state index contributed by atoms with van der Waals surface area (Å²) in [5, 5.41) is 0. The van der Waals surface area contributed by atoms with Crippen LogP contribution >= 0.6 is 0 Å². The van der Waals surface area contributed by atoms with Crippen LogP contribution < -0.4 is 14.2 Å². The molecule has 3 aromatic carbocycles. The third-order valence-electron chi connectivity index (χ3n) is 5.30. The van der Waals surface area contributed by atoms with Gasteiger partial charge >= 0.3 is 17.9 Å². The van der Waals surface area contributed by atoms with E-state index in [1.807, 2.05) is 0 Å². The third-order valence-corrected chi connectivity index (χ3v) is 5.30. The molecule has 41 heavy (non-hydrogen) atoms. The van der Waals surface area contributed by atoms with Crippen LogP contribution in [-0.4, -0.2) is 17.9 Å². The van der Waals surface area contributed by atoms with E-state index in [9.17, 15) is 14.4 Å². The number of rotatable bonds is 8. The molecule has 0 bridgehead atoms. The van der Waals surface area contributed by atoms with Crippen molar-refractivity contribution in [2.24, 2.45) is 0 Å². The van der Waals surface area contributed by atoms with E-state index < -0.39 is 23.7 Å². The topological polar surface area (TPSA) is 78.9 Å². The minimum Gasteiger partial charge on any atom is -0.423 e. The largest absolute Gasteiger partial charge is 0.423 e. The van der Waals surface area contributed by atoms with Gasteiger partial charge in [-0.1, -0.05) is 55.9 Å². The zero-order chi connectivity index (χ0) is 30.1. The van der Waals surface area contributed by atoms with Gasteiger partial charge in [0.2, 0.25) is 0 Å². The van der Waals surface area contributed by atoms with Gasteiger partial charge in [0, 0.05) is 33.9 Å². The number of carbonyl (C=O) groups is 3. The van der Waals surface area contributed by atoms with Crippen LogP contribution in [0.1, 0.15) is 43.0 Å². The van der Waals surface area contributed by atoms with Crippen LogP contribution in [0.15, 0.2) is 97.1 Å². The Kier molecular flexibility index (Phi) is 9.93. The summed E-state index contributed by atoms with van der Waals surface area (Å²) in [5.74, 6) is 3.99. The van der Waals surface area contributed by atoms with Crippen molar-refractivity contribution in [3.63, 3.8) is 0 Å². The molecular weight excluding hydrogens is 523 g/mol. The summed E-state index contributed by atoms with van der Waals surface area (Å²) in [6, 6.07) is 15.6. The average molecular weight is 551 g/mol. The lowest BCUT2D eigenvalue weighted by atomic mass is 10.1. The summed E-state index contributed by atoms with van der Waals surface area (Å²) < 4.78 is 30.8. The van der Waals surface area contributed by atoms with Gasteiger partial charge in [-0.2, -0.15) is 0 Å². The van der Waals surface area contributed by atoms with Crippen molar-refractivity contribution < 1.29 is 33.0 Å². The molecule has 7 heteroatoms. The van der Waals surface area contributed by atoms with Crippen molar-refractivity contribution in [3.05, 3.63) is 125 Å². The molecule has 0 aliphatic carbocycles. The second kappa shape index (κ2) is 13.5. The van der Waals surface area contributed by atoms with Gasteiger partial charge in [-0.15, -0.1) is 0 Å². The lowest BCUT2D eigenvalue weighted by Gasteiger charge is -2.09. The maximum atomic E-state index is 15.1. The molecule has 0 amide bonds. The van der Waals surface area contributed by atoms with Crippen LogP contribution in [0.5, 0.6) is 17.2 Å². The number of hydrogen-bond acceptors (Lipinski definition) is 6. The van der Waals surface area contributed by atoms with Crippen LogP contribution in [0.2, 0.25) is 0 Å². The molecule has 6 nitrogen and oxygen atoms in total. The molecule has 0 aromatic heterocycles. The average Bonchev–Trinajstić information content (AvgIpc) is 2.93. The molecule has 0 radical (unpaired) electrons. The highest BCUT2D eigenvalue weighted by molar-refractivity contribution is 5.90. The van der Waals surface area contributed by atoms with E-state index >= 15 is 4.39 Å². The molecule has 0 aliphatic rings. The minimum atomic E-state index is -0.672. The van der Waals surface area contributed by atoms with Crippen molar-refractivity contribution in [2.45, 2.75) is 20.8 Å². The van der Waals surface area contributed by atoms with Crippen LogP contribution in [0, 0.1) is 17.7 Å². The Bertz CT molecular complexity index is 1630. The van der Waals surface area contributed by atoms with Crippen molar-refractivity contribution in [1.29, 1.82) is 0 Å². The minimum absolute atomic E-state index is 0.00753. The van der Waals surface area contributed by atoms with Gasteiger partial charge in [0.25, 0.3) is 0 Å². The van der Waals surface area contributed by atoms with E-state index in [1.54, 1.807) is 74.5 Å². The fourth-order valence-corrected chi connectivity index (χ4v) is 3.04. The van der Waals surface area contributed by atoms with E-state index in [2.05, 4.69) is 31.6 Å². The van der Waals surface area contributed by atoms with Crippen LogP contribution in [0.3, 0.4) is 0 Å². The van der Waals surface area contributed by atoms with Crippen molar-refractivity contribution >= 4 is 30.1 Å². The molecular formula is C34H27FO6. The van der Waals surface area contributed by atoms with E-state index in [1.165, 1.54) is 19.1 Å². The number of halogens is 1. The lowest BCUT2D eigenvalue weighted by molar-refractivity contribution is -0.130. The number of esters is 3. The third kappa shape index (κ3) is 8.77. The van der Waals surface area contributed by atoms with Crippen LogP contribution in [0.25, 0.3) is 12.2 Å². The van der Waals surface area contributed by atoms with Gasteiger partial charge in [-0.3, -0.25) is 0 Å². The molecule has 3 aromatic rings. The predicted octanol–water partition coefficient (Wildman–Crippen LogP) is 6.84. The Morgan fingerprint density at radius 3 is 1.68 bits per heavy atom. The van der Waals surface area contributed by atoms with Gasteiger partial charge in [-0.25, -0.2) is 18.8 Å². The quantitative estimate of drug-likeness (QED) is 0.100. The molecule has 206 valence electrons. The van der Waals surface area contributed by atoms with Crippen molar-refractivity contribution in [1.82, 2.24) is 0 Å². The van der Waals surface area contributed by atoms with Crippen molar-refractivity contribution in [3.8, 4) is 29.1 Å². The number of hydrogen-bond donors (Lipinski definition) is 0. The molecule has 0 heterocycles. The molecule has 0 aliphatic heterocycles. The fraction of sp³-hybridized carbons (Fsp3) is 0.0882. The highest BCUT2D eigenvalue weighted by Gasteiger charge is 2.13. The standard InChI is InChI=1S/C34H27FO6/c1-21(2)32(36)39-28-15-9-24(10-16-28)7-13-26-20-31(41-34(38)23(5)6)27(19-30(26)35)14-8-25-11-17-29(18-12-25)40-33(37)22(3)4/h8-12,14-20H,1,3,5H2,2,4,6H3/b14-8+. The van der Waals surface area contributed by atoms with Gasteiger partial charge < -0.3 is 14.2 Å². The summed E-state index contributed by atoms with van der Waals surface area (Å²) in [6.07, 6.45) is 3.27. The van der Waals surface area contributed by atoms with E-state index in [-0.39, 0.29) is 28.0 Å². The summed E-state index contributed by atoms with van der Waals surface area (Å²) in [6.45, 7) is 15.3.